The van der Waals surface area contributed by atoms with Crippen LogP contribution in [0.2, 0.25) is 0 Å². The van der Waals surface area contributed by atoms with Gasteiger partial charge in [-0.1, -0.05) is 30.8 Å². The summed E-state index contributed by atoms with van der Waals surface area (Å²) in [6.07, 6.45) is 2.18. The fourth-order valence-corrected chi connectivity index (χ4v) is 4.66. The van der Waals surface area contributed by atoms with Crippen molar-refractivity contribution in [1.29, 1.82) is 0 Å². The number of anilines is 1. The second-order valence-electron chi connectivity index (χ2n) is 6.47. The van der Waals surface area contributed by atoms with Crippen LogP contribution in [0, 0.1) is 5.92 Å². The third-order valence-corrected chi connectivity index (χ3v) is 5.93. The van der Waals surface area contributed by atoms with E-state index < -0.39 is 4.75 Å². The fourth-order valence-electron chi connectivity index (χ4n) is 3.32. The van der Waals surface area contributed by atoms with E-state index in [0.29, 0.717) is 5.92 Å². The number of benzene rings is 1. The molecule has 0 bridgehead atoms. The number of nitrogens with zero attached hydrogens (tertiary/aromatic N) is 2. The molecule has 2 amide bonds. The van der Waals surface area contributed by atoms with E-state index in [1.165, 1.54) is 11.8 Å². The number of hydrogen-bond acceptors (Lipinski definition) is 3. The summed E-state index contributed by atoms with van der Waals surface area (Å²) in [4.78, 5) is 30.4. The number of thioether (sulfide) groups is 1. The molecule has 2 atom stereocenters. The van der Waals surface area contributed by atoms with Crippen molar-refractivity contribution in [2.75, 3.05) is 25.0 Å². The number of para-hydroxylation sites is 1. The lowest BCUT2D eigenvalue weighted by molar-refractivity contribution is -0.139. The molecular formula is C17H22N2O2S. The summed E-state index contributed by atoms with van der Waals surface area (Å²) in [5.74, 6) is 0.338. The first-order valence-electron chi connectivity index (χ1n) is 7.79. The molecule has 1 fully saturated rings. The van der Waals surface area contributed by atoms with Gasteiger partial charge >= 0.3 is 0 Å². The third kappa shape index (κ3) is 2.41. The molecule has 118 valence electrons. The van der Waals surface area contributed by atoms with Crippen molar-refractivity contribution in [1.82, 2.24) is 4.90 Å². The van der Waals surface area contributed by atoms with Gasteiger partial charge in [0.15, 0.2) is 4.75 Å². The van der Waals surface area contributed by atoms with E-state index in [0.717, 1.165) is 36.5 Å². The quantitative estimate of drug-likeness (QED) is 0.748. The maximum absolute atomic E-state index is 13.0. The average Bonchev–Trinajstić information content (AvgIpc) is 2.52. The Morgan fingerprint density at radius 1 is 1.36 bits per heavy atom. The predicted molar refractivity (Wildman–Crippen MR) is 89.1 cm³/mol. The van der Waals surface area contributed by atoms with E-state index in [9.17, 15) is 9.59 Å². The van der Waals surface area contributed by atoms with Gasteiger partial charge in [0.1, 0.15) is 0 Å². The van der Waals surface area contributed by atoms with Gasteiger partial charge in [0.25, 0.3) is 5.91 Å². The molecule has 2 aliphatic heterocycles. The van der Waals surface area contributed by atoms with Gasteiger partial charge < -0.3 is 9.80 Å². The Kier molecular flexibility index (Phi) is 3.93. The summed E-state index contributed by atoms with van der Waals surface area (Å²) in [6, 6.07) is 7.77. The molecule has 0 spiro atoms. The van der Waals surface area contributed by atoms with Crippen LogP contribution < -0.4 is 4.90 Å². The first-order valence-corrected chi connectivity index (χ1v) is 8.60. The van der Waals surface area contributed by atoms with Crippen molar-refractivity contribution in [2.45, 2.75) is 36.3 Å². The summed E-state index contributed by atoms with van der Waals surface area (Å²) in [6.45, 7) is 5.46. The number of piperidine rings is 1. The van der Waals surface area contributed by atoms with Crippen molar-refractivity contribution in [3.8, 4) is 0 Å². The van der Waals surface area contributed by atoms with Crippen molar-refractivity contribution in [3.05, 3.63) is 24.3 Å². The van der Waals surface area contributed by atoms with Gasteiger partial charge in [0.2, 0.25) is 5.91 Å². The van der Waals surface area contributed by atoms with Crippen LogP contribution in [-0.2, 0) is 9.59 Å². The van der Waals surface area contributed by atoms with Crippen molar-refractivity contribution in [3.63, 3.8) is 0 Å². The zero-order chi connectivity index (χ0) is 15.9. The minimum Gasteiger partial charge on any atom is -0.341 e. The van der Waals surface area contributed by atoms with Gasteiger partial charge in [0, 0.05) is 25.0 Å². The number of hydrogen-bond donors (Lipinski definition) is 0. The first kappa shape index (κ1) is 15.4. The number of fused-ring (bicyclic) bond motifs is 1. The van der Waals surface area contributed by atoms with Crippen LogP contribution in [0.4, 0.5) is 5.69 Å². The molecule has 2 heterocycles. The molecule has 22 heavy (non-hydrogen) atoms. The largest absolute Gasteiger partial charge is 0.341 e. The highest BCUT2D eigenvalue weighted by atomic mass is 32.2. The van der Waals surface area contributed by atoms with E-state index in [4.69, 9.17) is 0 Å². The normalized spacial score (nSPS) is 28.5. The minimum absolute atomic E-state index is 0.0459. The summed E-state index contributed by atoms with van der Waals surface area (Å²) >= 11 is 1.39. The van der Waals surface area contributed by atoms with Crippen molar-refractivity contribution in [2.24, 2.45) is 5.92 Å². The monoisotopic (exact) mass is 318 g/mol. The Labute approximate surface area is 135 Å². The van der Waals surface area contributed by atoms with E-state index >= 15 is 0 Å². The molecule has 0 N–H and O–H groups in total. The molecule has 1 aromatic rings. The van der Waals surface area contributed by atoms with Gasteiger partial charge in [-0.3, -0.25) is 9.59 Å². The van der Waals surface area contributed by atoms with Crippen LogP contribution in [0.25, 0.3) is 0 Å². The standard InChI is InChI=1S/C17H22N2O2S/c1-12-7-6-10-19(11-12)16(21)17(2)15(20)18(3)13-8-4-5-9-14(13)22-17/h4-5,8-9,12H,6-7,10-11H2,1-3H3/t12-,17+/m0/s1. The van der Waals surface area contributed by atoms with Gasteiger partial charge in [-0.2, -0.15) is 0 Å². The molecule has 5 heteroatoms. The first-order chi connectivity index (χ1) is 10.4. The number of carbonyl (C=O) groups is 2. The highest BCUT2D eigenvalue weighted by Crippen LogP contribution is 2.45. The Morgan fingerprint density at radius 3 is 2.82 bits per heavy atom. The van der Waals surface area contributed by atoms with Crippen LogP contribution in [0.5, 0.6) is 0 Å². The van der Waals surface area contributed by atoms with Gasteiger partial charge in [0.05, 0.1) is 5.69 Å². The Bertz CT molecular complexity index is 618. The molecule has 2 aliphatic rings. The summed E-state index contributed by atoms with van der Waals surface area (Å²) in [5, 5.41) is 0. The number of amides is 2. The van der Waals surface area contributed by atoms with Crippen LogP contribution in [-0.4, -0.2) is 41.6 Å². The molecule has 1 aromatic carbocycles. The lowest BCUT2D eigenvalue weighted by atomic mass is 9.98. The van der Waals surface area contributed by atoms with Crippen molar-refractivity contribution >= 4 is 29.3 Å². The second-order valence-corrected chi connectivity index (χ2v) is 7.93. The molecule has 0 aliphatic carbocycles. The minimum atomic E-state index is -1.06. The fraction of sp³-hybridized carbons (Fsp3) is 0.529. The van der Waals surface area contributed by atoms with Gasteiger partial charge in [-0.05, 0) is 37.8 Å². The molecule has 0 radical (unpaired) electrons. The lowest BCUT2D eigenvalue weighted by Crippen LogP contribution is -2.57. The number of rotatable bonds is 1. The maximum atomic E-state index is 13.0. The zero-order valence-electron chi connectivity index (χ0n) is 13.3. The van der Waals surface area contributed by atoms with Crippen molar-refractivity contribution < 1.29 is 9.59 Å². The highest BCUT2D eigenvalue weighted by molar-refractivity contribution is 8.02. The predicted octanol–water partition coefficient (Wildman–Crippen LogP) is 2.77. The van der Waals surface area contributed by atoms with Crippen LogP contribution in [0.3, 0.4) is 0 Å². The smallest absolute Gasteiger partial charge is 0.252 e. The third-order valence-electron chi connectivity index (χ3n) is 4.61. The topological polar surface area (TPSA) is 40.6 Å². The highest BCUT2D eigenvalue weighted by Gasteiger charge is 2.50. The van der Waals surface area contributed by atoms with Crippen LogP contribution >= 0.6 is 11.8 Å². The van der Waals surface area contributed by atoms with Gasteiger partial charge in [-0.25, -0.2) is 0 Å². The molecule has 4 nitrogen and oxygen atoms in total. The van der Waals surface area contributed by atoms with E-state index in [-0.39, 0.29) is 11.8 Å². The average molecular weight is 318 g/mol. The van der Waals surface area contributed by atoms with E-state index in [1.807, 2.05) is 29.2 Å². The molecule has 1 saturated heterocycles. The summed E-state index contributed by atoms with van der Waals surface area (Å²) in [7, 11) is 1.76. The zero-order valence-corrected chi connectivity index (χ0v) is 14.2. The number of carbonyl (C=O) groups excluding carboxylic acids is 2. The summed E-state index contributed by atoms with van der Waals surface area (Å²) < 4.78 is -1.06. The molecule has 3 rings (SSSR count). The Hall–Kier alpha value is -1.49. The summed E-state index contributed by atoms with van der Waals surface area (Å²) in [5.41, 5.74) is 0.884. The van der Waals surface area contributed by atoms with E-state index in [1.54, 1.807) is 18.9 Å². The van der Waals surface area contributed by atoms with Gasteiger partial charge in [-0.15, -0.1) is 0 Å². The second kappa shape index (κ2) is 5.61. The maximum Gasteiger partial charge on any atom is 0.252 e. The molecule has 0 saturated carbocycles. The SMILES string of the molecule is C[C@H]1CCCN(C(=O)[C@]2(C)Sc3ccccc3N(C)C2=O)C1. The number of likely N-dealkylation sites (tertiary alicyclic amines) is 1. The lowest BCUT2D eigenvalue weighted by Gasteiger charge is -2.41. The molecular weight excluding hydrogens is 296 g/mol. The van der Waals surface area contributed by atoms with Crippen LogP contribution in [0.15, 0.2) is 29.2 Å². The van der Waals surface area contributed by atoms with E-state index in [2.05, 4.69) is 6.92 Å². The molecule has 0 aromatic heterocycles. The molecule has 0 unspecified atom stereocenters. The Morgan fingerprint density at radius 2 is 2.09 bits per heavy atom. The van der Waals surface area contributed by atoms with Crippen LogP contribution in [0.1, 0.15) is 26.7 Å². The Balaban J connectivity index is 1.92.